The van der Waals surface area contributed by atoms with Gasteiger partial charge in [-0.05, 0) is 67.3 Å². The lowest BCUT2D eigenvalue weighted by Crippen LogP contribution is -2.60. The highest BCUT2D eigenvalue weighted by Gasteiger charge is 2.58. The molecule has 2 aromatic rings. The average molecular weight is 380 g/mol. The largest absolute Gasteiger partial charge is 0.497 e. The lowest BCUT2D eigenvalue weighted by molar-refractivity contribution is -0.195. The summed E-state index contributed by atoms with van der Waals surface area (Å²) >= 11 is 0. The number of ether oxygens (including phenoxy) is 1. The Labute approximate surface area is 169 Å². The molecular weight excluding hydrogens is 346 g/mol. The molecule has 3 fully saturated rings. The lowest BCUT2D eigenvalue weighted by atomic mass is 9.48. The molecule has 3 atom stereocenters. The highest BCUT2D eigenvalue weighted by molar-refractivity contribution is 5.35. The van der Waals surface area contributed by atoms with Crippen molar-refractivity contribution < 1.29 is 9.84 Å². The van der Waals surface area contributed by atoms with Gasteiger partial charge in [0.25, 0.3) is 0 Å². The molecule has 3 saturated carbocycles. The van der Waals surface area contributed by atoms with Gasteiger partial charge in [-0.3, -0.25) is 0 Å². The molecule has 0 radical (unpaired) electrons. The normalized spacial score (nSPS) is 31.5. The number of nitrogens with zero attached hydrogens (tertiary/aromatic N) is 1. The molecule has 3 aliphatic carbocycles. The van der Waals surface area contributed by atoms with Crippen LogP contribution in [0, 0.1) is 23.7 Å². The molecule has 3 heteroatoms. The fourth-order valence-corrected chi connectivity index (χ4v) is 5.53. The Balaban J connectivity index is 1.53. The number of rotatable bonds is 7. The Morgan fingerprint density at radius 2 is 1.82 bits per heavy atom. The van der Waals surface area contributed by atoms with Gasteiger partial charge in [-0.25, -0.2) is 0 Å². The molecule has 3 aliphatic rings. The monoisotopic (exact) mass is 379 g/mol. The van der Waals surface area contributed by atoms with Crippen LogP contribution in [0.3, 0.4) is 0 Å². The minimum absolute atomic E-state index is 0.264. The summed E-state index contributed by atoms with van der Waals surface area (Å²) in [5.41, 5.74) is 1.62. The molecule has 0 amide bonds. The molecule has 0 heterocycles. The molecule has 0 aromatic heterocycles. The zero-order valence-corrected chi connectivity index (χ0v) is 17.3. The second-order valence-corrected chi connectivity index (χ2v) is 8.94. The Hall–Kier alpha value is -1.84. The maximum atomic E-state index is 12.0. The van der Waals surface area contributed by atoms with Crippen molar-refractivity contribution in [1.29, 1.82) is 0 Å². The maximum Gasteiger partial charge on any atom is 0.119 e. The third-order valence-corrected chi connectivity index (χ3v) is 7.41. The summed E-state index contributed by atoms with van der Waals surface area (Å²) in [5.74, 6) is 2.63. The Bertz CT molecular complexity index is 786. The molecule has 3 unspecified atom stereocenters. The number of likely N-dealkylation sites (N-methyl/N-ethyl adjacent to an activating group) is 1. The molecule has 1 N–H and O–H groups in total. The van der Waals surface area contributed by atoms with E-state index < -0.39 is 5.60 Å². The standard InChI is InChI=1S/C25H33NO2/c1-18-20-14-21(15-20)24(17-26(2)13-12-19-8-5-4-6-9-19)25(18,27)22-10-7-11-23(16-22)28-3/h4-11,16,18,20-21,24,27H,12-15,17H2,1-3H3. The van der Waals surface area contributed by atoms with Crippen LogP contribution >= 0.6 is 0 Å². The first kappa shape index (κ1) is 19.5. The van der Waals surface area contributed by atoms with Gasteiger partial charge in [0, 0.05) is 19.0 Å². The molecule has 2 aromatic carbocycles. The van der Waals surface area contributed by atoms with Crippen LogP contribution in [-0.4, -0.2) is 37.3 Å². The molecule has 3 nitrogen and oxygen atoms in total. The summed E-state index contributed by atoms with van der Waals surface area (Å²) in [6.45, 7) is 4.19. The van der Waals surface area contributed by atoms with Gasteiger partial charge in [0.05, 0.1) is 12.7 Å². The SMILES string of the molecule is COc1cccc(C2(O)C(C)C3CC(C3)C2CN(C)CCc2ccccc2)c1. The van der Waals surface area contributed by atoms with E-state index in [4.69, 9.17) is 4.74 Å². The van der Waals surface area contributed by atoms with Gasteiger partial charge in [0.15, 0.2) is 0 Å². The van der Waals surface area contributed by atoms with Crippen LogP contribution in [0.2, 0.25) is 0 Å². The van der Waals surface area contributed by atoms with Crippen LogP contribution in [0.4, 0.5) is 0 Å². The van der Waals surface area contributed by atoms with E-state index in [-0.39, 0.29) is 11.8 Å². The van der Waals surface area contributed by atoms with E-state index in [0.717, 1.165) is 30.8 Å². The second kappa shape index (κ2) is 7.88. The third kappa shape index (κ3) is 3.46. The van der Waals surface area contributed by atoms with E-state index in [9.17, 15) is 5.11 Å². The summed E-state index contributed by atoms with van der Waals surface area (Å²) in [7, 11) is 3.89. The van der Waals surface area contributed by atoms with Crippen molar-refractivity contribution in [2.45, 2.75) is 31.8 Å². The van der Waals surface area contributed by atoms with Crippen LogP contribution in [0.5, 0.6) is 5.75 Å². The van der Waals surface area contributed by atoms with Crippen molar-refractivity contribution in [3.63, 3.8) is 0 Å². The van der Waals surface area contributed by atoms with E-state index in [1.165, 1.54) is 18.4 Å². The molecule has 0 aliphatic heterocycles. The maximum absolute atomic E-state index is 12.0. The molecule has 28 heavy (non-hydrogen) atoms. The molecule has 2 bridgehead atoms. The number of hydrogen-bond donors (Lipinski definition) is 1. The number of fused-ring (bicyclic) bond motifs is 2. The Kier molecular flexibility index (Phi) is 5.48. The topological polar surface area (TPSA) is 32.7 Å². The van der Waals surface area contributed by atoms with Crippen molar-refractivity contribution in [1.82, 2.24) is 4.90 Å². The van der Waals surface area contributed by atoms with Crippen LogP contribution in [-0.2, 0) is 12.0 Å². The summed E-state index contributed by atoms with van der Waals surface area (Å²) in [5, 5.41) is 12.0. The van der Waals surface area contributed by atoms with Gasteiger partial charge in [-0.2, -0.15) is 0 Å². The van der Waals surface area contributed by atoms with Crippen LogP contribution in [0.25, 0.3) is 0 Å². The number of aliphatic hydroxyl groups is 1. The van der Waals surface area contributed by atoms with Gasteiger partial charge < -0.3 is 14.7 Å². The van der Waals surface area contributed by atoms with Gasteiger partial charge in [0.1, 0.15) is 5.75 Å². The Morgan fingerprint density at radius 3 is 2.54 bits per heavy atom. The summed E-state index contributed by atoms with van der Waals surface area (Å²) in [6, 6.07) is 18.8. The van der Waals surface area contributed by atoms with Crippen molar-refractivity contribution in [2.24, 2.45) is 23.7 Å². The van der Waals surface area contributed by atoms with Gasteiger partial charge in [0.2, 0.25) is 0 Å². The fourth-order valence-electron chi connectivity index (χ4n) is 5.53. The van der Waals surface area contributed by atoms with Crippen LogP contribution in [0.1, 0.15) is 30.9 Å². The first-order valence-electron chi connectivity index (χ1n) is 10.6. The predicted octanol–water partition coefficient (Wildman–Crippen LogP) is 4.35. The lowest BCUT2D eigenvalue weighted by Gasteiger charge is -2.60. The first-order chi connectivity index (χ1) is 13.5. The third-order valence-electron chi connectivity index (χ3n) is 7.41. The van der Waals surface area contributed by atoms with Crippen molar-refractivity contribution >= 4 is 0 Å². The highest BCUT2D eigenvalue weighted by Crippen LogP contribution is 2.60. The van der Waals surface area contributed by atoms with Crippen molar-refractivity contribution in [2.75, 3.05) is 27.2 Å². The van der Waals surface area contributed by atoms with Crippen molar-refractivity contribution in [3.05, 3.63) is 65.7 Å². The van der Waals surface area contributed by atoms with Gasteiger partial charge in [-0.1, -0.05) is 49.4 Å². The minimum atomic E-state index is -0.776. The summed E-state index contributed by atoms with van der Waals surface area (Å²) in [6.07, 6.45) is 3.58. The predicted molar refractivity (Wildman–Crippen MR) is 113 cm³/mol. The average Bonchev–Trinajstić information content (AvgIpc) is 2.69. The number of hydrogen-bond acceptors (Lipinski definition) is 3. The molecular formula is C25H33NO2. The van der Waals surface area contributed by atoms with Crippen LogP contribution < -0.4 is 4.74 Å². The number of benzene rings is 2. The van der Waals surface area contributed by atoms with Gasteiger partial charge in [-0.15, -0.1) is 0 Å². The highest BCUT2D eigenvalue weighted by atomic mass is 16.5. The smallest absolute Gasteiger partial charge is 0.119 e. The van der Waals surface area contributed by atoms with Crippen LogP contribution in [0.15, 0.2) is 54.6 Å². The first-order valence-corrected chi connectivity index (χ1v) is 10.6. The Morgan fingerprint density at radius 1 is 1.07 bits per heavy atom. The molecule has 0 spiro atoms. The molecule has 5 rings (SSSR count). The van der Waals surface area contributed by atoms with E-state index in [1.54, 1.807) is 7.11 Å². The van der Waals surface area contributed by atoms with Gasteiger partial charge >= 0.3 is 0 Å². The zero-order valence-electron chi connectivity index (χ0n) is 17.3. The van der Waals surface area contributed by atoms with E-state index in [2.05, 4.69) is 55.3 Å². The van der Waals surface area contributed by atoms with Crippen molar-refractivity contribution in [3.8, 4) is 5.75 Å². The molecule has 0 saturated heterocycles. The minimum Gasteiger partial charge on any atom is -0.497 e. The summed E-state index contributed by atoms with van der Waals surface area (Å²) < 4.78 is 5.45. The fraction of sp³-hybridized carbons (Fsp3) is 0.520. The quantitative estimate of drug-likeness (QED) is 0.776. The second-order valence-electron chi connectivity index (χ2n) is 8.94. The van der Waals surface area contributed by atoms with E-state index in [0.29, 0.717) is 11.8 Å². The number of methoxy groups -OCH3 is 1. The molecule has 150 valence electrons. The van der Waals surface area contributed by atoms with E-state index >= 15 is 0 Å². The summed E-state index contributed by atoms with van der Waals surface area (Å²) in [4.78, 5) is 2.41. The van der Waals surface area contributed by atoms with E-state index in [1.807, 2.05) is 18.2 Å². The zero-order chi connectivity index (χ0) is 19.7.